The Morgan fingerprint density at radius 1 is 1.45 bits per heavy atom. The van der Waals surface area contributed by atoms with Crippen molar-refractivity contribution in [1.82, 2.24) is 14.8 Å². The molecule has 1 N–H and O–H groups in total. The van der Waals surface area contributed by atoms with E-state index < -0.39 is 0 Å². The van der Waals surface area contributed by atoms with E-state index in [-0.39, 0.29) is 0 Å². The molecular weight excluding hydrogens is 286 g/mol. The maximum atomic E-state index is 5.49. The lowest BCUT2D eigenvalue weighted by molar-refractivity contribution is 0.242. The van der Waals surface area contributed by atoms with Gasteiger partial charge in [-0.3, -0.25) is 9.67 Å². The van der Waals surface area contributed by atoms with Crippen LogP contribution in [0.5, 0.6) is 0 Å². The topological polar surface area (TPSA) is 33.6 Å². The molecule has 3 nitrogen and oxygen atoms in total. The third kappa shape index (κ3) is 1.91. The molecule has 0 spiro atoms. The lowest BCUT2D eigenvalue weighted by Gasteiger charge is -2.29. The van der Waals surface area contributed by atoms with Gasteiger partial charge < -0.3 is 0 Å². The number of rotatable bonds is 3. The molecule has 0 radical (unpaired) electrons. The van der Waals surface area contributed by atoms with Crippen LogP contribution in [0.1, 0.15) is 38.6 Å². The molecule has 2 bridgehead atoms. The van der Waals surface area contributed by atoms with E-state index in [1.807, 2.05) is 0 Å². The lowest BCUT2D eigenvalue weighted by atomic mass is 9.84. The van der Waals surface area contributed by atoms with E-state index in [0.717, 1.165) is 28.3 Å². The van der Waals surface area contributed by atoms with Crippen molar-refractivity contribution in [2.75, 3.05) is 0 Å². The van der Waals surface area contributed by atoms with Crippen molar-refractivity contribution in [3.8, 4) is 10.7 Å². The first-order valence-electron chi connectivity index (χ1n) is 7.45. The minimum absolute atomic E-state index is 0.452. The molecule has 2 fully saturated rings. The summed E-state index contributed by atoms with van der Waals surface area (Å²) in [5.41, 5.74) is 0. The zero-order valence-corrected chi connectivity index (χ0v) is 13.2. The maximum Gasteiger partial charge on any atom is 0.195 e. The van der Waals surface area contributed by atoms with Crippen LogP contribution < -0.4 is 0 Å². The highest BCUT2D eigenvalue weighted by Gasteiger charge is 2.42. The summed E-state index contributed by atoms with van der Waals surface area (Å²) >= 11 is 7.22. The van der Waals surface area contributed by atoms with Gasteiger partial charge in [0.25, 0.3) is 0 Å². The van der Waals surface area contributed by atoms with Crippen LogP contribution in [0.2, 0.25) is 0 Å². The van der Waals surface area contributed by atoms with Crippen molar-refractivity contribution < 1.29 is 0 Å². The first-order chi connectivity index (χ1) is 9.74. The van der Waals surface area contributed by atoms with Crippen LogP contribution in [0.25, 0.3) is 10.7 Å². The zero-order chi connectivity index (χ0) is 13.7. The molecule has 0 aromatic carbocycles. The molecule has 2 aromatic rings. The van der Waals surface area contributed by atoms with Crippen molar-refractivity contribution in [3.05, 3.63) is 22.3 Å². The van der Waals surface area contributed by atoms with Crippen LogP contribution in [0.15, 0.2) is 17.5 Å². The molecule has 0 saturated heterocycles. The van der Waals surface area contributed by atoms with Gasteiger partial charge in [-0.2, -0.15) is 5.10 Å². The van der Waals surface area contributed by atoms with E-state index in [0.29, 0.717) is 6.04 Å². The summed E-state index contributed by atoms with van der Waals surface area (Å²) in [6, 6.07) is 4.65. The molecule has 0 aliphatic heterocycles. The van der Waals surface area contributed by atoms with Crippen molar-refractivity contribution >= 4 is 23.6 Å². The molecule has 106 valence electrons. The lowest BCUT2D eigenvalue weighted by Crippen LogP contribution is -2.22. The monoisotopic (exact) mass is 305 g/mol. The Morgan fingerprint density at radius 2 is 2.35 bits per heavy atom. The Labute approximate surface area is 128 Å². The minimum Gasteiger partial charge on any atom is -0.296 e. The van der Waals surface area contributed by atoms with Crippen LogP contribution in [-0.4, -0.2) is 14.8 Å². The highest BCUT2D eigenvalue weighted by atomic mass is 32.1. The summed E-state index contributed by atoms with van der Waals surface area (Å²) in [4.78, 5) is 1.20. The van der Waals surface area contributed by atoms with Crippen molar-refractivity contribution in [2.45, 2.75) is 38.6 Å². The number of hydrogen-bond acceptors (Lipinski definition) is 3. The van der Waals surface area contributed by atoms with Gasteiger partial charge in [0.05, 0.1) is 4.88 Å². The summed E-state index contributed by atoms with van der Waals surface area (Å²) in [5, 5.41) is 9.56. The van der Waals surface area contributed by atoms with E-state index in [1.165, 1.54) is 30.6 Å². The van der Waals surface area contributed by atoms with Crippen molar-refractivity contribution in [2.24, 2.45) is 17.8 Å². The van der Waals surface area contributed by atoms with Gasteiger partial charge in [-0.05, 0) is 67.6 Å². The van der Waals surface area contributed by atoms with Gasteiger partial charge in [-0.25, -0.2) is 0 Å². The molecule has 0 amide bonds. The Kier molecular flexibility index (Phi) is 3.07. The minimum atomic E-state index is 0.452. The molecule has 5 heteroatoms. The van der Waals surface area contributed by atoms with Crippen LogP contribution in [0.3, 0.4) is 0 Å². The molecule has 2 aliphatic rings. The van der Waals surface area contributed by atoms with E-state index in [1.54, 1.807) is 11.3 Å². The van der Waals surface area contributed by atoms with Gasteiger partial charge in [0.1, 0.15) is 0 Å². The van der Waals surface area contributed by atoms with E-state index in [2.05, 4.69) is 39.2 Å². The van der Waals surface area contributed by atoms with Crippen LogP contribution in [-0.2, 0) is 0 Å². The van der Waals surface area contributed by atoms with Crippen molar-refractivity contribution in [1.29, 1.82) is 0 Å². The molecular formula is C15H19N3S2. The first-order valence-corrected chi connectivity index (χ1v) is 8.73. The molecule has 2 aliphatic carbocycles. The average Bonchev–Trinajstić information content (AvgIpc) is 3.21. The number of aromatic nitrogens is 3. The summed E-state index contributed by atoms with van der Waals surface area (Å²) in [6.07, 6.45) is 5.68. The standard InChI is InChI=1S/C15H19N3S2/c1-9(12-8-10-4-5-11(12)7-10)18-14(16-17-15(18)19)13-3-2-6-20-13/h2-3,6,9-12H,4-5,7-8H2,1H3,(H,17,19)/t9-,10-,11-,12-/m1/s1. The van der Waals surface area contributed by atoms with E-state index in [4.69, 9.17) is 12.2 Å². The van der Waals surface area contributed by atoms with Gasteiger partial charge in [0, 0.05) is 6.04 Å². The summed E-state index contributed by atoms with van der Waals surface area (Å²) < 4.78 is 3.02. The van der Waals surface area contributed by atoms with Crippen molar-refractivity contribution in [3.63, 3.8) is 0 Å². The Hall–Kier alpha value is -0.940. The van der Waals surface area contributed by atoms with E-state index >= 15 is 0 Å². The molecule has 2 heterocycles. The van der Waals surface area contributed by atoms with Crippen LogP contribution in [0.4, 0.5) is 0 Å². The summed E-state index contributed by atoms with van der Waals surface area (Å²) in [5.74, 6) is 3.67. The Balaban J connectivity index is 1.71. The number of aromatic amines is 1. The van der Waals surface area contributed by atoms with E-state index in [9.17, 15) is 0 Å². The Morgan fingerprint density at radius 3 is 3.00 bits per heavy atom. The second-order valence-corrected chi connectivity index (χ2v) is 7.61. The second-order valence-electron chi connectivity index (χ2n) is 6.28. The fraction of sp³-hybridized carbons (Fsp3) is 0.600. The predicted octanol–water partition coefficient (Wildman–Crippen LogP) is 4.67. The third-order valence-corrected chi connectivity index (χ3v) is 6.42. The highest BCUT2D eigenvalue weighted by molar-refractivity contribution is 7.71. The number of thiophene rings is 1. The van der Waals surface area contributed by atoms with Gasteiger partial charge in [-0.1, -0.05) is 12.5 Å². The first kappa shape index (κ1) is 12.8. The number of nitrogens with one attached hydrogen (secondary N) is 1. The largest absolute Gasteiger partial charge is 0.296 e. The van der Waals surface area contributed by atoms with Gasteiger partial charge >= 0.3 is 0 Å². The number of H-pyrrole nitrogens is 1. The fourth-order valence-corrected chi connectivity index (χ4v) is 5.35. The normalized spacial score (nSPS) is 29.9. The third-order valence-electron chi connectivity index (χ3n) is 5.27. The number of fused-ring (bicyclic) bond motifs is 2. The maximum absolute atomic E-state index is 5.49. The molecule has 2 aromatic heterocycles. The average molecular weight is 305 g/mol. The van der Waals surface area contributed by atoms with Gasteiger partial charge in [-0.15, -0.1) is 11.3 Å². The fourth-order valence-electron chi connectivity index (χ4n) is 4.34. The number of hydrogen-bond donors (Lipinski definition) is 1. The Bertz CT molecular complexity index is 655. The second kappa shape index (κ2) is 4.81. The summed E-state index contributed by atoms with van der Waals surface area (Å²) in [6.45, 7) is 2.33. The quantitative estimate of drug-likeness (QED) is 0.836. The highest BCUT2D eigenvalue weighted by Crippen LogP contribution is 2.52. The van der Waals surface area contributed by atoms with Gasteiger partial charge in [0.2, 0.25) is 0 Å². The summed E-state index contributed by atoms with van der Waals surface area (Å²) in [7, 11) is 0. The zero-order valence-electron chi connectivity index (χ0n) is 11.6. The molecule has 0 unspecified atom stereocenters. The smallest absolute Gasteiger partial charge is 0.195 e. The molecule has 4 atom stereocenters. The van der Waals surface area contributed by atoms with Crippen LogP contribution in [0, 0.1) is 22.5 Å². The SMILES string of the molecule is C[C@H]([C@H]1C[C@@H]2CC[C@@H]1C2)n1c(-c2cccs2)n[nH]c1=S. The van der Waals surface area contributed by atoms with Crippen LogP contribution >= 0.6 is 23.6 Å². The molecule has 2 saturated carbocycles. The van der Waals surface area contributed by atoms with Gasteiger partial charge in [0.15, 0.2) is 10.6 Å². The molecule has 4 rings (SSSR count). The number of nitrogens with zero attached hydrogens (tertiary/aromatic N) is 2. The molecule has 20 heavy (non-hydrogen) atoms. The predicted molar refractivity (Wildman–Crippen MR) is 84.4 cm³/mol.